The van der Waals surface area contributed by atoms with Gasteiger partial charge in [0.05, 0.1) is 6.20 Å². The zero-order valence-corrected chi connectivity index (χ0v) is 12.2. The summed E-state index contributed by atoms with van der Waals surface area (Å²) in [5.41, 5.74) is 1.55. The average molecular weight is 339 g/mol. The number of halogens is 2. The number of aryl methyl sites for hydroxylation is 1. The summed E-state index contributed by atoms with van der Waals surface area (Å²) in [6.07, 6.45) is 1.75. The molecule has 0 fully saturated rings. The minimum Gasteiger partial charge on any atom is -0.478 e. The van der Waals surface area contributed by atoms with Crippen molar-refractivity contribution in [3.8, 4) is 0 Å². The second-order valence-electron chi connectivity index (χ2n) is 4.13. The van der Waals surface area contributed by atoms with E-state index in [1.807, 2.05) is 25.1 Å². The van der Waals surface area contributed by atoms with Gasteiger partial charge in [0.25, 0.3) is 0 Å². The van der Waals surface area contributed by atoms with E-state index in [-0.39, 0.29) is 11.4 Å². The lowest BCUT2D eigenvalue weighted by Gasteiger charge is -2.12. The Morgan fingerprint density at radius 2 is 2.20 bits per heavy atom. The van der Waals surface area contributed by atoms with Crippen LogP contribution in [0.15, 0.2) is 34.9 Å². The maximum atomic E-state index is 13.1. The monoisotopic (exact) mass is 338 g/mol. The van der Waals surface area contributed by atoms with E-state index in [4.69, 9.17) is 5.11 Å². The Kier molecular flexibility index (Phi) is 4.34. The number of aromatic nitrogens is 1. The Bertz CT molecular complexity index is 662. The van der Waals surface area contributed by atoms with Crippen molar-refractivity contribution in [2.45, 2.75) is 13.3 Å². The number of anilines is 2. The lowest BCUT2D eigenvalue weighted by molar-refractivity contribution is 0.0697. The summed E-state index contributed by atoms with van der Waals surface area (Å²) in [5.74, 6) is -1.79. The van der Waals surface area contributed by atoms with E-state index in [1.54, 1.807) is 0 Å². The van der Waals surface area contributed by atoms with Crippen LogP contribution < -0.4 is 5.32 Å². The number of benzene rings is 1. The normalized spacial score (nSPS) is 10.3. The van der Waals surface area contributed by atoms with Crippen molar-refractivity contribution < 1.29 is 14.3 Å². The molecule has 0 saturated carbocycles. The minimum absolute atomic E-state index is 0.121. The van der Waals surface area contributed by atoms with Crippen LogP contribution in [0.3, 0.4) is 0 Å². The number of rotatable bonds is 4. The Balaban J connectivity index is 2.42. The fourth-order valence-corrected chi connectivity index (χ4v) is 2.21. The number of hydrogen-bond donors (Lipinski definition) is 2. The molecule has 4 nitrogen and oxygen atoms in total. The molecular weight excluding hydrogens is 327 g/mol. The molecule has 0 amide bonds. The number of nitrogens with zero attached hydrogens (tertiary/aromatic N) is 1. The number of hydrogen-bond acceptors (Lipinski definition) is 3. The van der Waals surface area contributed by atoms with Crippen molar-refractivity contribution in [3.05, 3.63) is 51.9 Å². The van der Waals surface area contributed by atoms with Crippen LogP contribution in [0.2, 0.25) is 0 Å². The van der Waals surface area contributed by atoms with Crippen molar-refractivity contribution in [2.75, 3.05) is 5.32 Å². The number of carbonyl (C=O) groups is 1. The summed E-state index contributed by atoms with van der Waals surface area (Å²) in [6.45, 7) is 1.99. The number of nitrogens with one attached hydrogen (secondary N) is 1. The summed E-state index contributed by atoms with van der Waals surface area (Å²) >= 11 is 3.38. The lowest BCUT2D eigenvalue weighted by Crippen LogP contribution is -2.06. The summed E-state index contributed by atoms with van der Waals surface area (Å²) in [4.78, 5) is 14.9. The van der Waals surface area contributed by atoms with Gasteiger partial charge in [0.2, 0.25) is 0 Å². The van der Waals surface area contributed by atoms with Gasteiger partial charge in [-0.1, -0.05) is 22.9 Å². The summed E-state index contributed by atoms with van der Waals surface area (Å²) in [7, 11) is 0. The predicted octanol–water partition coefficient (Wildman–Crippen LogP) is 3.99. The van der Waals surface area contributed by atoms with Gasteiger partial charge in [-0.25, -0.2) is 14.2 Å². The van der Waals surface area contributed by atoms with E-state index >= 15 is 0 Å². The van der Waals surface area contributed by atoms with Crippen LogP contribution in [0.1, 0.15) is 22.8 Å². The van der Waals surface area contributed by atoms with Gasteiger partial charge in [-0.15, -0.1) is 0 Å². The first kappa shape index (κ1) is 14.5. The van der Waals surface area contributed by atoms with Crippen LogP contribution in [0, 0.1) is 5.82 Å². The standard InChI is InChI=1S/C14H12BrFN2O2/c1-2-8-5-9(15)3-4-12(8)18-13-11(14(19)20)6-10(16)7-17-13/h3-7H,2H2,1H3,(H,17,18)(H,19,20). The van der Waals surface area contributed by atoms with E-state index in [0.717, 1.165) is 34.4 Å². The molecule has 0 aliphatic rings. The van der Waals surface area contributed by atoms with Gasteiger partial charge < -0.3 is 10.4 Å². The summed E-state index contributed by atoms with van der Waals surface area (Å²) in [5, 5.41) is 12.0. The Labute approximate surface area is 123 Å². The lowest BCUT2D eigenvalue weighted by atomic mass is 10.1. The quantitative estimate of drug-likeness (QED) is 0.884. The van der Waals surface area contributed by atoms with Crippen LogP contribution in [0.4, 0.5) is 15.9 Å². The van der Waals surface area contributed by atoms with E-state index in [2.05, 4.69) is 26.2 Å². The van der Waals surface area contributed by atoms with Gasteiger partial charge in [-0.3, -0.25) is 0 Å². The molecule has 2 rings (SSSR count). The van der Waals surface area contributed by atoms with E-state index < -0.39 is 11.8 Å². The molecule has 0 bridgehead atoms. The molecule has 0 unspecified atom stereocenters. The maximum absolute atomic E-state index is 13.1. The van der Waals surface area contributed by atoms with Crippen LogP contribution >= 0.6 is 15.9 Å². The van der Waals surface area contributed by atoms with Crippen molar-refractivity contribution in [2.24, 2.45) is 0 Å². The van der Waals surface area contributed by atoms with Crippen molar-refractivity contribution in [1.29, 1.82) is 0 Å². The van der Waals surface area contributed by atoms with E-state index in [9.17, 15) is 9.18 Å². The number of carboxylic acids is 1. The van der Waals surface area contributed by atoms with E-state index in [1.165, 1.54) is 0 Å². The third-order valence-electron chi connectivity index (χ3n) is 2.79. The molecule has 104 valence electrons. The van der Waals surface area contributed by atoms with Crippen molar-refractivity contribution in [3.63, 3.8) is 0 Å². The molecule has 20 heavy (non-hydrogen) atoms. The molecule has 2 N–H and O–H groups in total. The zero-order valence-electron chi connectivity index (χ0n) is 10.7. The molecule has 1 aromatic heterocycles. The highest BCUT2D eigenvalue weighted by Gasteiger charge is 2.14. The predicted molar refractivity (Wildman–Crippen MR) is 78.0 cm³/mol. The topological polar surface area (TPSA) is 62.2 Å². The van der Waals surface area contributed by atoms with Crippen LogP contribution in [0.25, 0.3) is 0 Å². The van der Waals surface area contributed by atoms with Gasteiger partial charge in [0.15, 0.2) is 0 Å². The minimum atomic E-state index is -1.23. The number of pyridine rings is 1. The highest BCUT2D eigenvalue weighted by Crippen LogP contribution is 2.26. The fraction of sp³-hybridized carbons (Fsp3) is 0.143. The molecule has 0 atom stereocenters. The first-order valence-electron chi connectivity index (χ1n) is 5.95. The zero-order chi connectivity index (χ0) is 14.7. The van der Waals surface area contributed by atoms with E-state index in [0.29, 0.717) is 0 Å². The Hall–Kier alpha value is -1.95. The van der Waals surface area contributed by atoms with Crippen molar-refractivity contribution in [1.82, 2.24) is 4.98 Å². The first-order chi connectivity index (χ1) is 9.51. The molecule has 0 aliphatic carbocycles. The van der Waals surface area contributed by atoms with Gasteiger partial charge in [0.1, 0.15) is 17.2 Å². The Morgan fingerprint density at radius 1 is 1.45 bits per heavy atom. The van der Waals surface area contributed by atoms with Gasteiger partial charge >= 0.3 is 5.97 Å². The molecule has 0 saturated heterocycles. The SMILES string of the molecule is CCc1cc(Br)ccc1Nc1ncc(F)cc1C(=O)O. The summed E-state index contributed by atoms with van der Waals surface area (Å²) in [6, 6.07) is 6.54. The number of aromatic carboxylic acids is 1. The van der Waals surface area contributed by atoms with Gasteiger partial charge in [-0.05, 0) is 36.2 Å². The van der Waals surface area contributed by atoms with Crippen molar-refractivity contribution >= 4 is 33.4 Å². The third kappa shape index (κ3) is 3.14. The van der Waals surface area contributed by atoms with Crippen LogP contribution in [-0.4, -0.2) is 16.1 Å². The molecular formula is C14H12BrFN2O2. The Morgan fingerprint density at radius 3 is 2.85 bits per heavy atom. The highest BCUT2D eigenvalue weighted by atomic mass is 79.9. The highest BCUT2D eigenvalue weighted by molar-refractivity contribution is 9.10. The molecule has 2 aromatic rings. The number of carboxylic acid groups (broad SMARTS) is 1. The average Bonchev–Trinajstić information content (AvgIpc) is 2.42. The van der Waals surface area contributed by atoms with Crippen LogP contribution in [-0.2, 0) is 6.42 Å². The molecule has 0 radical (unpaired) electrons. The molecule has 0 spiro atoms. The van der Waals surface area contributed by atoms with Gasteiger partial charge in [-0.2, -0.15) is 0 Å². The second-order valence-corrected chi connectivity index (χ2v) is 5.05. The third-order valence-corrected chi connectivity index (χ3v) is 3.28. The molecule has 1 aromatic carbocycles. The smallest absolute Gasteiger partial charge is 0.339 e. The summed E-state index contributed by atoms with van der Waals surface area (Å²) < 4.78 is 14.0. The molecule has 6 heteroatoms. The first-order valence-corrected chi connectivity index (χ1v) is 6.75. The second kappa shape index (κ2) is 6.00. The molecule has 0 aliphatic heterocycles. The largest absolute Gasteiger partial charge is 0.478 e. The van der Waals surface area contributed by atoms with Gasteiger partial charge in [0, 0.05) is 10.2 Å². The fourth-order valence-electron chi connectivity index (χ4n) is 1.81. The van der Waals surface area contributed by atoms with Crippen LogP contribution in [0.5, 0.6) is 0 Å². The maximum Gasteiger partial charge on any atom is 0.339 e. The molecule has 1 heterocycles.